The Morgan fingerprint density at radius 3 is 2.34 bits per heavy atom. The van der Waals surface area contributed by atoms with Crippen LogP contribution in [-0.2, 0) is 4.79 Å². The van der Waals surface area contributed by atoms with Crippen LogP contribution in [0.15, 0.2) is 71.4 Å². The van der Waals surface area contributed by atoms with E-state index in [2.05, 4.69) is 52.5 Å². The fourth-order valence-corrected chi connectivity index (χ4v) is 4.09. The Morgan fingerprint density at radius 1 is 0.966 bits per heavy atom. The van der Waals surface area contributed by atoms with Crippen LogP contribution in [0.1, 0.15) is 18.4 Å². The Morgan fingerprint density at radius 2 is 1.66 bits per heavy atom. The molecule has 29 heavy (non-hydrogen) atoms. The first-order chi connectivity index (χ1) is 14.1. The smallest absolute Gasteiger partial charge is 0.253 e. The summed E-state index contributed by atoms with van der Waals surface area (Å²) >= 11 is 5.97. The molecule has 4 rings (SSSR count). The number of rotatable bonds is 4. The fraction of sp³-hybridized carbons (Fsp3) is 0.292. The van der Waals surface area contributed by atoms with Crippen LogP contribution < -0.4 is 5.32 Å². The Bertz CT molecular complexity index is 926. The predicted octanol–water partition coefficient (Wildman–Crippen LogP) is 4.66. The molecule has 2 aromatic rings. The van der Waals surface area contributed by atoms with Crippen LogP contribution in [0.5, 0.6) is 0 Å². The number of hydrogen-bond donors (Lipinski definition) is 1. The van der Waals surface area contributed by atoms with Gasteiger partial charge >= 0.3 is 0 Å². The molecular weight excluding hydrogens is 382 g/mol. The van der Waals surface area contributed by atoms with Crippen molar-refractivity contribution in [2.24, 2.45) is 0 Å². The van der Waals surface area contributed by atoms with Gasteiger partial charge in [-0.15, -0.1) is 0 Å². The number of nitrogens with zero attached hydrogens (tertiary/aromatic N) is 2. The van der Waals surface area contributed by atoms with Crippen molar-refractivity contribution in [1.29, 1.82) is 0 Å². The van der Waals surface area contributed by atoms with Gasteiger partial charge in [-0.25, -0.2) is 0 Å². The minimum absolute atomic E-state index is 0.0160. The van der Waals surface area contributed by atoms with Crippen LogP contribution in [-0.4, -0.2) is 48.9 Å². The van der Waals surface area contributed by atoms with Crippen molar-refractivity contribution in [3.8, 4) is 0 Å². The van der Waals surface area contributed by atoms with Crippen molar-refractivity contribution in [1.82, 2.24) is 9.80 Å². The fourth-order valence-electron chi connectivity index (χ4n) is 3.97. The zero-order valence-electron chi connectivity index (χ0n) is 16.7. The normalized spacial score (nSPS) is 19.1. The Hall–Kier alpha value is -2.56. The van der Waals surface area contributed by atoms with Gasteiger partial charge in [0.15, 0.2) is 0 Å². The van der Waals surface area contributed by atoms with Gasteiger partial charge in [0, 0.05) is 48.2 Å². The third-order valence-corrected chi connectivity index (χ3v) is 5.82. The van der Waals surface area contributed by atoms with Crippen molar-refractivity contribution in [3.05, 3.63) is 82.0 Å². The second-order valence-corrected chi connectivity index (χ2v) is 8.10. The number of allylic oxidation sites excluding steroid dienone is 1. The second-order valence-electron chi connectivity index (χ2n) is 7.66. The van der Waals surface area contributed by atoms with Crippen LogP contribution in [0, 0.1) is 0 Å². The summed E-state index contributed by atoms with van der Waals surface area (Å²) in [4.78, 5) is 17.9. The molecule has 1 heterocycles. The summed E-state index contributed by atoms with van der Waals surface area (Å²) in [5, 5.41) is 3.71. The van der Waals surface area contributed by atoms with E-state index in [1.54, 1.807) is 12.1 Å². The van der Waals surface area contributed by atoms with E-state index in [1.807, 2.05) is 18.2 Å². The van der Waals surface area contributed by atoms with Gasteiger partial charge < -0.3 is 15.1 Å². The van der Waals surface area contributed by atoms with Gasteiger partial charge in [-0.3, -0.25) is 4.79 Å². The average Bonchev–Trinajstić information content (AvgIpc) is 3.15. The number of anilines is 1. The number of carbonyl (C=O) groups is 1. The van der Waals surface area contributed by atoms with Crippen molar-refractivity contribution in [2.75, 3.05) is 38.5 Å². The van der Waals surface area contributed by atoms with Crippen molar-refractivity contribution in [2.45, 2.75) is 12.8 Å². The largest absolute Gasteiger partial charge is 0.368 e. The number of likely N-dealkylation sites (N-methyl/N-ethyl adjacent to an activating group) is 1. The molecule has 4 nitrogen and oxygen atoms in total. The zero-order valence-corrected chi connectivity index (χ0v) is 17.5. The molecular formula is C24H26ClN3O. The topological polar surface area (TPSA) is 35.6 Å². The van der Waals surface area contributed by atoms with E-state index in [9.17, 15) is 4.79 Å². The van der Waals surface area contributed by atoms with Gasteiger partial charge in [-0.1, -0.05) is 41.9 Å². The molecule has 1 aliphatic carbocycles. The standard InChI is InChI=1S/C24H26ClN3O/c1-27-13-15-28(16-14-27)23-19(17-18-5-3-2-4-6-18)7-12-22(23)24(29)26-21-10-8-20(25)9-11-21/h2-6,8-11,17H,7,12-16H2,1H3,(H,26,29)/b19-17+. The number of piperazine rings is 1. The van der Waals surface area contributed by atoms with Gasteiger partial charge in [0.05, 0.1) is 0 Å². The summed E-state index contributed by atoms with van der Waals surface area (Å²) in [6.07, 6.45) is 3.88. The molecule has 5 heteroatoms. The summed E-state index contributed by atoms with van der Waals surface area (Å²) in [6.45, 7) is 3.90. The number of nitrogens with one attached hydrogen (secondary N) is 1. The second kappa shape index (κ2) is 8.85. The van der Waals surface area contributed by atoms with Gasteiger partial charge in [0.2, 0.25) is 0 Å². The number of halogens is 1. The summed E-state index contributed by atoms with van der Waals surface area (Å²) in [5.74, 6) is -0.0160. The van der Waals surface area contributed by atoms with Crippen LogP contribution in [0.25, 0.3) is 6.08 Å². The molecule has 0 aromatic heterocycles. The van der Waals surface area contributed by atoms with E-state index in [0.29, 0.717) is 5.02 Å². The maximum Gasteiger partial charge on any atom is 0.253 e. The monoisotopic (exact) mass is 407 g/mol. The van der Waals surface area contributed by atoms with E-state index in [1.165, 1.54) is 11.1 Å². The van der Waals surface area contributed by atoms with Gasteiger partial charge in [-0.2, -0.15) is 0 Å². The molecule has 0 radical (unpaired) electrons. The molecule has 1 amide bonds. The maximum absolute atomic E-state index is 13.1. The average molecular weight is 408 g/mol. The lowest BCUT2D eigenvalue weighted by atomic mass is 10.1. The molecule has 1 aliphatic heterocycles. The number of carbonyl (C=O) groups excluding carboxylic acids is 1. The van der Waals surface area contributed by atoms with Crippen LogP contribution in [0.4, 0.5) is 5.69 Å². The number of benzene rings is 2. The first kappa shape index (κ1) is 19.7. The van der Waals surface area contributed by atoms with E-state index in [0.717, 1.165) is 56.0 Å². The third-order valence-electron chi connectivity index (χ3n) is 5.57. The SMILES string of the molecule is CN1CCN(C2=C(C(=O)Nc3ccc(Cl)cc3)CC/C2=C\c2ccccc2)CC1. The molecule has 0 atom stereocenters. The van der Waals surface area contributed by atoms with E-state index in [4.69, 9.17) is 11.6 Å². The van der Waals surface area contributed by atoms with Crippen molar-refractivity contribution >= 4 is 29.3 Å². The molecule has 1 saturated heterocycles. The molecule has 1 fully saturated rings. The molecule has 1 N–H and O–H groups in total. The molecule has 0 bridgehead atoms. The number of amides is 1. The molecule has 2 aromatic carbocycles. The molecule has 150 valence electrons. The van der Waals surface area contributed by atoms with Crippen molar-refractivity contribution in [3.63, 3.8) is 0 Å². The Kier molecular flexibility index (Phi) is 6.02. The zero-order chi connectivity index (χ0) is 20.2. The van der Waals surface area contributed by atoms with Crippen molar-refractivity contribution < 1.29 is 4.79 Å². The number of hydrogen-bond acceptors (Lipinski definition) is 3. The van der Waals surface area contributed by atoms with Crippen LogP contribution >= 0.6 is 11.6 Å². The quantitative estimate of drug-likeness (QED) is 0.800. The molecule has 0 unspecified atom stereocenters. The maximum atomic E-state index is 13.1. The highest BCUT2D eigenvalue weighted by atomic mass is 35.5. The summed E-state index contributed by atoms with van der Waals surface area (Å²) in [5.41, 5.74) is 5.20. The van der Waals surface area contributed by atoms with E-state index in [-0.39, 0.29) is 5.91 Å². The van der Waals surface area contributed by atoms with E-state index >= 15 is 0 Å². The Labute approximate surface area is 177 Å². The molecule has 0 spiro atoms. The third kappa shape index (κ3) is 4.72. The molecule has 0 saturated carbocycles. The first-order valence-electron chi connectivity index (χ1n) is 10.1. The first-order valence-corrected chi connectivity index (χ1v) is 10.5. The predicted molar refractivity (Wildman–Crippen MR) is 120 cm³/mol. The van der Waals surface area contributed by atoms with Gasteiger partial charge in [-0.05, 0) is 61.4 Å². The van der Waals surface area contributed by atoms with Gasteiger partial charge in [0.25, 0.3) is 5.91 Å². The highest BCUT2D eigenvalue weighted by Gasteiger charge is 2.30. The highest BCUT2D eigenvalue weighted by Crippen LogP contribution is 2.36. The lowest BCUT2D eigenvalue weighted by Gasteiger charge is -2.36. The Balaban J connectivity index is 1.65. The highest BCUT2D eigenvalue weighted by molar-refractivity contribution is 6.30. The summed E-state index contributed by atoms with van der Waals surface area (Å²) < 4.78 is 0. The lowest BCUT2D eigenvalue weighted by molar-refractivity contribution is -0.113. The summed E-state index contributed by atoms with van der Waals surface area (Å²) in [7, 11) is 2.15. The van der Waals surface area contributed by atoms with E-state index < -0.39 is 0 Å². The minimum atomic E-state index is -0.0160. The van der Waals surface area contributed by atoms with Crippen LogP contribution in [0.2, 0.25) is 5.02 Å². The van der Waals surface area contributed by atoms with Crippen LogP contribution in [0.3, 0.4) is 0 Å². The van der Waals surface area contributed by atoms with Gasteiger partial charge in [0.1, 0.15) is 0 Å². The summed E-state index contributed by atoms with van der Waals surface area (Å²) in [6, 6.07) is 17.6. The minimum Gasteiger partial charge on any atom is -0.368 e. The molecule has 2 aliphatic rings. The lowest BCUT2D eigenvalue weighted by Crippen LogP contribution is -2.44.